The van der Waals surface area contributed by atoms with E-state index in [0.717, 1.165) is 35.1 Å². The van der Waals surface area contributed by atoms with Crippen LogP contribution >= 0.6 is 0 Å². The van der Waals surface area contributed by atoms with Crippen LogP contribution in [0, 0.1) is 20.8 Å². The fourth-order valence-corrected chi connectivity index (χ4v) is 6.30. The van der Waals surface area contributed by atoms with Gasteiger partial charge in [0.05, 0.1) is 24.5 Å². The molecule has 1 saturated heterocycles. The molecule has 0 unspecified atom stereocenters. The number of ketones is 1. The molecule has 2 N–H and O–H groups in total. The van der Waals surface area contributed by atoms with E-state index in [9.17, 15) is 13.2 Å². The lowest BCUT2D eigenvalue weighted by atomic mass is 9.91. The van der Waals surface area contributed by atoms with Crippen LogP contribution in [0.5, 0.6) is 11.6 Å². The van der Waals surface area contributed by atoms with Crippen molar-refractivity contribution in [1.29, 1.82) is 0 Å². The summed E-state index contributed by atoms with van der Waals surface area (Å²) in [7, 11) is -4.06. The van der Waals surface area contributed by atoms with Gasteiger partial charge in [0.1, 0.15) is 17.3 Å². The highest BCUT2D eigenvalue weighted by molar-refractivity contribution is 7.92. The van der Waals surface area contributed by atoms with Crippen LogP contribution in [-0.4, -0.2) is 48.9 Å². The van der Waals surface area contributed by atoms with Gasteiger partial charge in [0.25, 0.3) is 0 Å². The number of sulfone groups is 1. The zero-order valence-electron chi connectivity index (χ0n) is 22.2. The fraction of sp³-hybridized carbons (Fsp3) is 0.345. The highest BCUT2D eigenvalue weighted by Gasteiger charge is 2.39. The first-order valence-electron chi connectivity index (χ1n) is 12.8. The van der Waals surface area contributed by atoms with Gasteiger partial charge in [-0.25, -0.2) is 18.4 Å². The number of carbonyl (C=O) groups is 1. The van der Waals surface area contributed by atoms with E-state index in [-0.39, 0.29) is 22.3 Å². The van der Waals surface area contributed by atoms with Crippen molar-refractivity contribution in [2.45, 2.75) is 50.8 Å². The number of rotatable bonds is 7. The Bertz CT molecular complexity index is 1550. The van der Waals surface area contributed by atoms with Crippen molar-refractivity contribution in [3.05, 3.63) is 76.5 Å². The molecule has 0 saturated carbocycles. The highest BCUT2D eigenvalue weighted by Crippen LogP contribution is 2.40. The molecule has 1 aliphatic heterocycles. The van der Waals surface area contributed by atoms with Crippen molar-refractivity contribution < 1.29 is 27.4 Å². The molecular formula is C29H31N3O6S. The summed E-state index contributed by atoms with van der Waals surface area (Å²) in [6.45, 7) is 6.92. The molecule has 0 atom stereocenters. The second kappa shape index (κ2) is 10.5. The van der Waals surface area contributed by atoms with Crippen molar-refractivity contribution >= 4 is 27.0 Å². The summed E-state index contributed by atoms with van der Waals surface area (Å²) >= 11 is 0. The average Bonchev–Trinajstić information content (AvgIpc) is 3.33. The Hall–Kier alpha value is -3.60. The molecule has 204 valence electrons. The Morgan fingerprint density at radius 3 is 2.46 bits per heavy atom. The van der Waals surface area contributed by atoms with Crippen LogP contribution in [0.3, 0.4) is 0 Å². The van der Waals surface area contributed by atoms with Gasteiger partial charge in [0.15, 0.2) is 16.6 Å². The number of hydrogen-bond donors (Lipinski definition) is 1. The van der Waals surface area contributed by atoms with E-state index in [4.69, 9.17) is 24.9 Å². The largest absolute Gasteiger partial charge is 0.438 e. The van der Waals surface area contributed by atoms with Crippen LogP contribution in [0.15, 0.2) is 53.6 Å². The smallest absolute Gasteiger partial charge is 0.230 e. The minimum Gasteiger partial charge on any atom is -0.438 e. The third kappa shape index (κ3) is 5.73. The van der Waals surface area contributed by atoms with E-state index in [1.54, 1.807) is 12.1 Å². The topological polar surface area (TPSA) is 131 Å². The van der Waals surface area contributed by atoms with Crippen molar-refractivity contribution in [3.8, 4) is 11.6 Å². The second-order valence-electron chi connectivity index (χ2n) is 10.0. The van der Waals surface area contributed by atoms with Crippen molar-refractivity contribution in [1.82, 2.24) is 9.97 Å². The maximum absolute atomic E-state index is 13.4. The number of benzene rings is 1. The SMILES string of the molecule is Cc1cc(C)c(Oc2nc(C3=CCCC4(C3)OCCO4)ccc2C(=O)CS(=O)(=O)c2cccc(N)n2)c(C)c1. The Morgan fingerprint density at radius 1 is 1.05 bits per heavy atom. The molecule has 10 heteroatoms. The summed E-state index contributed by atoms with van der Waals surface area (Å²) in [6, 6.07) is 11.5. The number of nitrogen functional groups attached to an aromatic ring is 1. The maximum Gasteiger partial charge on any atom is 0.230 e. The standard InChI is InChI=1S/C29H31N3O6S/c1-18-14-19(2)27(20(3)15-18)38-28-22(24(33)17-39(34,35)26-8-4-7-25(30)32-26)9-10-23(31-28)21-6-5-11-29(16-21)36-12-13-37-29/h4,6-10,14-15H,5,11-13,16-17H2,1-3H3,(H2,30,32). The van der Waals surface area contributed by atoms with Crippen LogP contribution in [0.4, 0.5) is 5.82 Å². The molecule has 39 heavy (non-hydrogen) atoms. The number of aryl methyl sites for hydroxylation is 3. The van der Waals surface area contributed by atoms with E-state index in [2.05, 4.69) is 11.1 Å². The number of anilines is 1. The molecular weight excluding hydrogens is 518 g/mol. The predicted molar refractivity (Wildman–Crippen MR) is 146 cm³/mol. The van der Waals surface area contributed by atoms with Gasteiger partial charge in [-0.15, -0.1) is 0 Å². The van der Waals surface area contributed by atoms with E-state index >= 15 is 0 Å². The number of carbonyl (C=O) groups excluding carboxylic acids is 1. The zero-order valence-corrected chi connectivity index (χ0v) is 23.0. The van der Waals surface area contributed by atoms with Crippen LogP contribution in [0.25, 0.3) is 5.57 Å². The predicted octanol–water partition coefficient (Wildman–Crippen LogP) is 4.74. The first-order chi connectivity index (χ1) is 18.6. The van der Waals surface area contributed by atoms with Crippen molar-refractivity contribution in [2.24, 2.45) is 0 Å². The zero-order chi connectivity index (χ0) is 27.8. The number of nitrogens with two attached hydrogens (primary N) is 1. The molecule has 1 aliphatic carbocycles. The van der Waals surface area contributed by atoms with E-state index in [0.29, 0.717) is 31.1 Å². The molecule has 0 radical (unpaired) electrons. The lowest BCUT2D eigenvalue weighted by Crippen LogP contribution is -2.32. The summed E-state index contributed by atoms with van der Waals surface area (Å²) in [5.41, 5.74) is 10.1. The van der Waals surface area contributed by atoms with E-state index < -0.39 is 27.2 Å². The number of nitrogens with zero attached hydrogens (tertiary/aromatic N) is 2. The van der Waals surface area contributed by atoms with Gasteiger partial charge >= 0.3 is 0 Å². The van der Waals surface area contributed by atoms with Crippen LogP contribution < -0.4 is 10.5 Å². The molecule has 3 heterocycles. The summed E-state index contributed by atoms with van der Waals surface area (Å²) < 4.78 is 44.1. The molecule has 1 aromatic carbocycles. The molecule has 0 amide bonds. The lowest BCUT2D eigenvalue weighted by molar-refractivity contribution is -0.158. The Balaban J connectivity index is 1.52. The first kappa shape index (κ1) is 27.0. The Morgan fingerprint density at radius 2 is 1.77 bits per heavy atom. The summed E-state index contributed by atoms with van der Waals surface area (Å²) in [6.07, 6.45) is 4.12. The number of Topliss-reactive ketones (excluding diaryl/α,β-unsaturated/α-hetero) is 1. The first-order valence-corrected chi connectivity index (χ1v) is 14.4. The maximum atomic E-state index is 13.4. The highest BCUT2D eigenvalue weighted by atomic mass is 32.2. The monoisotopic (exact) mass is 549 g/mol. The number of pyridine rings is 2. The minimum absolute atomic E-state index is 0.0390. The molecule has 1 fully saturated rings. The summed E-state index contributed by atoms with van der Waals surface area (Å²) in [5.74, 6) is -1.47. The molecule has 2 aromatic heterocycles. The summed E-state index contributed by atoms with van der Waals surface area (Å²) in [5, 5.41) is -0.262. The third-order valence-electron chi connectivity index (χ3n) is 6.87. The van der Waals surface area contributed by atoms with Gasteiger partial charge < -0.3 is 19.9 Å². The Kier molecular flexibility index (Phi) is 7.28. The molecule has 2 aliphatic rings. The molecule has 0 bridgehead atoms. The molecule has 1 spiro atoms. The molecule has 3 aromatic rings. The van der Waals surface area contributed by atoms with Gasteiger partial charge in [-0.1, -0.05) is 29.8 Å². The molecule has 9 nitrogen and oxygen atoms in total. The number of allylic oxidation sites excluding steroid dienone is 1. The number of hydrogen-bond acceptors (Lipinski definition) is 9. The minimum atomic E-state index is -4.06. The average molecular weight is 550 g/mol. The van der Waals surface area contributed by atoms with Crippen molar-refractivity contribution in [3.63, 3.8) is 0 Å². The van der Waals surface area contributed by atoms with E-state index in [1.807, 2.05) is 32.9 Å². The van der Waals surface area contributed by atoms with E-state index in [1.165, 1.54) is 18.2 Å². The van der Waals surface area contributed by atoms with Gasteiger partial charge in [0, 0.05) is 12.8 Å². The lowest BCUT2D eigenvalue weighted by Gasteiger charge is -2.31. The van der Waals surface area contributed by atoms with Gasteiger partial charge in [0.2, 0.25) is 15.7 Å². The quantitative estimate of drug-likeness (QED) is 0.415. The van der Waals surface area contributed by atoms with Gasteiger partial charge in [-0.3, -0.25) is 4.79 Å². The van der Waals surface area contributed by atoms with Gasteiger partial charge in [-0.2, -0.15) is 0 Å². The van der Waals surface area contributed by atoms with Crippen molar-refractivity contribution in [2.75, 3.05) is 24.7 Å². The molecule has 5 rings (SSSR count). The summed E-state index contributed by atoms with van der Waals surface area (Å²) in [4.78, 5) is 22.1. The number of ether oxygens (including phenoxy) is 3. The normalized spacial score (nSPS) is 16.7. The van der Waals surface area contributed by atoms with Gasteiger partial charge in [-0.05, 0) is 68.2 Å². The second-order valence-corrected chi connectivity index (χ2v) is 12.0. The van der Waals surface area contributed by atoms with Crippen LogP contribution in [0.2, 0.25) is 0 Å². The third-order valence-corrected chi connectivity index (χ3v) is 8.37. The van der Waals surface area contributed by atoms with Crippen LogP contribution in [-0.2, 0) is 19.3 Å². The fourth-order valence-electron chi connectivity index (χ4n) is 5.12. The number of aromatic nitrogens is 2. The van der Waals surface area contributed by atoms with Crippen LogP contribution in [0.1, 0.15) is 52.0 Å². The Labute approximate surface area is 227 Å².